The maximum absolute atomic E-state index is 13.5. The Morgan fingerprint density at radius 1 is 0.805 bits per heavy atom. The molecule has 0 radical (unpaired) electrons. The topological polar surface area (TPSA) is 78.9 Å². The molecule has 0 bridgehead atoms. The number of hydrogen-bond donors (Lipinski definition) is 0. The number of allylic oxidation sites excluding steroid dienone is 2. The van der Waals surface area contributed by atoms with Crippen LogP contribution in [0, 0.1) is 50.2 Å². The lowest BCUT2D eigenvalue weighted by Crippen LogP contribution is -2.67. The molecular weight excluding hydrogens is 516 g/mol. The Morgan fingerprint density at radius 2 is 1.44 bits per heavy atom. The lowest BCUT2D eigenvalue weighted by Gasteiger charge is -2.71. The highest BCUT2D eigenvalue weighted by Crippen LogP contribution is 2.76. The molecule has 4 saturated carbocycles. The summed E-state index contributed by atoms with van der Waals surface area (Å²) in [4.78, 5) is 38.0. The van der Waals surface area contributed by atoms with Gasteiger partial charge in [0.05, 0.1) is 12.5 Å². The van der Waals surface area contributed by atoms with Gasteiger partial charge >= 0.3 is 17.9 Å². The van der Waals surface area contributed by atoms with Gasteiger partial charge in [0.25, 0.3) is 0 Å². The van der Waals surface area contributed by atoms with Crippen LogP contribution in [0.5, 0.6) is 0 Å². The van der Waals surface area contributed by atoms with Gasteiger partial charge in [0.2, 0.25) is 0 Å². The fraction of sp³-hybridized carbons (Fsp3) is 0.857. The van der Waals surface area contributed by atoms with E-state index in [1.807, 2.05) is 0 Å². The molecule has 6 nitrogen and oxygen atoms in total. The lowest BCUT2D eigenvalue weighted by molar-refractivity contribution is -0.244. The van der Waals surface area contributed by atoms with Crippen LogP contribution < -0.4 is 0 Å². The van der Waals surface area contributed by atoms with Crippen LogP contribution in [0.25, 0.3) is 0 Å². The summed E-state index contributed by atoms with van der Waals surface area (Å²) in [5.41, 5.74) is 0.868. The molecule has 0 amide bonds. The molecule has 5 aliphatic rings. The fourth-order valence-corrected chi connectivity index (χ4v) is 11.6. The Morgan fingerprint density at radius 3 is 2.05 bits per heavy atom. The molecule has 0 heterocycles. The molecule has 6 heteroatoms. The minimum Gasteiger partial charge on any atom is -0.469 e. The van der Waals surface area contributed by atoms with Crippen molar-refractivity contribution in [3.05, 3.63) is 11.6 Å². The van der Waals surface area contributed by atoms with E-state index in [0.717, 1.165) is 51.4 Å². The molecule has 9 atom stereocenters. The van der Waals surface area contributed by atoms with E-state index >= 15 is 0 Å². The highest BCUT2D eigenvalue weighted by molar-refractivity contribution is 5.78. The number of carbonyl (C=O) groups excluding carboxylic acids is 3. The average molecular weight is 571 g/mol. The summed E-state index contributed by atoms with van der Waals surface area (Å²) in [6.07, 6.45) is 10.3. The van der Waals surface area contributed by atoms with Crippen molar-refractivity contribution in [2.24, 2.45) is 50.2 Å². The molecule has 0 aromatic rings. The van der Waals surface area contributed by atoms with Crippen molar-refractivity contribution >= 4 is 17.9 Å². The SMILES string of the molecule is COC(=O)[C@]12CCC(C)(C)C[C@H]1C1=CC[C@@H]3[C@@]4(C)C[C@@H](OC(C)=O)[C@@H](OC(C)=O)C(C)(C)[C@@H]4CC[C@@]3(C)[C@]1(C)CC2. The first kappa shape index (κ1) is 30.6. The zero-order valence-electron chi connectivity index (χ0n) is 27.3. The monoisotopic (exact) mass is 570 g/mol. The molecule has 0 aliphatic heterocycles. The van der Waals surface area contributed by atoms with Crippen LogP contribution in [0.1, 0.15) is 120 Å². The Balaban J connectivity index is 1.59. The standard InChI is InChI=1S/C35H54O6/c1-21(36)40-25-20-32(7)26(31(5,6)28(25)41-22(2)37)13-14-34(9)27(32)12-11-23-24-19-30(3,4)15-17-35(24,29(38)39-10)18-16-33(23,34)8/h11,24-28H,12-20H2,1-10H3/t24-,25+,26-,27+,28+,32-,33+,34+,35-/m0/s1. The molecule has 0 saturated heterocycles. The maximum atomic E-state index is 13.5. The summed E-state index contributed by atoms with van der Waals surface area (Å²) in [5.74, 6) is 0.264. The van der Waals surface area contributed by atoms with E-state index in [0.29, 0.717) is 18.3 Å². The second-order valence-corrected chi connectivity index (χ2v) is 16.6. The minimum atomic E-state index is -0.467. The average Bonchev–Trinajstić information content (AvgIpc) is 2.85. The summed E-state index contributed by atoms with van der Waals surface area (Å²) >= 11 is 0. The van der Waals surface area contributed by atoms with Crippen LogP contribution in [0.4, 0.5) is 0 Å². The van der Waals surface area contributed by atoms with E-state index in [2.05, 4.69) is 54.5 Å². The number of ether oxygens (including phenoxy) is 3. The predicted molar refractivity (Wildman–Crippen MR) is 158 cm³/mol. The van der Waals surface area contributed by atoms with Gasteiger partial charge < -0.3 is 14.2 Å². The second kappa shape index (κ2) is 9.58. The summed E-state index contributed by atoms with van der Waals surface area (Å²) in [6.45, 7) is 19.5. The van der Waals surface area contributed by atoms with Gasteiger partial charge in [-0.2, -0.15) is 0 Å². The van der Waals surface area contributed by atoms with Crippen molar-refractivity contribution in [3.8, 4) is 0 Å². The third-order valence-corrected chi connectivity index (χ3v) is 13.7. The molecule has 0 aromatic carbocycles. The Hall–Kier alpha value is -1.85. The van der Waals surface area contributed by atoms with Crippen LogP contribution >= 0.6 is 0 Å². The first-order chi connectivity index (χ1) is 18.9. The summed E-state index contributed by atoms with van der Waals surface area (Å²) in [7, 11) is 1.56. The molecule has 41 heavy (non-hydrogen) atoms. The Bertz CT molecular complexity index is 1150. The summed E-state index contributed by atoms with van der Waals surface area (Å²) < 4.78 is 17.4. The van der Waals surface area contributed by atoms with E-state index in [-0.39, 0.29) is 50.9 Å². The summed E-state index contributed by atoms with van der Waals surface area (Å²) in [6, 6.07) is 0. The van der Waals surface area contributed by atoms with E-state index in [1.165, 1.54) is 19.4 Å². The maximum Gasteiger partial charge on any atom is 0.312 e. The Labute approximate surface area is 247 Å². The van der Waals surface area contributed by atoms with Crippen molar-refractivity contribution < 1.29 is 28.6 Å². The molecular formula is C35H54O6. The van der Waals surface area contributed by atoms with Gasteiger partial charge in [0.1, 0.15) is 12.2 Å². The largest absolute Gasteiger partial charge is 0.469 e. The third-order valence-electron chi connectivity index (χ3n) is 13.7. The number of rotatable bonds is 3. The molecule has 5 aliphatic carbocycles. The van der Waals surface area contributed by atoms with Crippen molar-refractivity contribution in [1.82, 2.24) is 0 Å². The molecule has 5 rings (SSSR count). The Kier molecular flexibility index (Phi) is 7.15. The fourth-order valence-electron chi connectivity index (χ4n) is 11.6. The van der Waals surface area contributed by atoms with Gasteiger partial charge in [-0.3, -0.25) is 14.4 Å². The summed E-state index contributed by atoms with van der Waals surface area (Å²) in [5, 5.41) is 0. The van der Waals surface area contributed by atoms with Crippen LogP contribution in [0.15, 0.2) is 11.6 Å². The second-order valence-electron chi connectivity index (χ2n) is 16.6. The van der Waals surface area contributed by atoms with Gasteiger partial charge in [0.15, 0.2) is 0 Å². The van der Waals surface area contributed by atoms with Gasteiger partial charge in [-0.15, -0.1) is 0 Å². The molecule has 0 spiro atoms. The smallest absolute Gasteiger partial charge is 0.312 e. The molecule has 0 unspecified atom stereocenters. The zero-order valence-corrected chi connectivity index (χ0v) is 27.3. The van der Waals surface area contributed by atoms with E-state index in [1.54, 1.807) is 7.11 Å². The number of carbonyl (C=O) groups is 3. The minimum absolute atomic E-state index is 0.0151. The van der Waals surface area contributed by atoms with Gasteiger partial charge in [0, 0.05) is 19.3 Å². The van der Waals surface area contributed by atoms with Crippen molar-refractivity contribution in [2.45, 2.75) is 132 Å². The quantitative estimate of drug-likeness (QED) is 0.199. The van der Waals surface area contributed by atoms with Crippen LogP contribution in [0.3, 0.4) is 0 Å². The zero-order chi connectivity index (χ0) is 30.4. The molecule has 230 valence electrons. The van der Waals surface area contributed by atoms with Crippen LogP contribution in [0.2, 0.25) is 0 Å². The first-order valence-corrected chi connectivity index (χ1v) is 16.0. The normalized spacial score (nSPS) is 45.9. The predicted octanol–water partition coefficient (Wildman–Crippen LogP) is 7.43. The molecule has 0 N–H and O–H groups in total. The van der Waals surface area contributed by atoms with Crippen molar-refractivity contribution in [1.29, 1.82) is 0 Å². The number of methoxy groups -OCH3 is 1. The molecule has 4 fully saturated rings. The van der Waals surface area contributed by atoms with Gasteiger partial charge in [-0.1, -0.05) is 60.1 Å². The number of hydrogen-bond acceptors (Lipinski definition) is 6. The van der Waals surface area contributed by atoms with Crippen LogP contribution in [-0.2, 0) is 28.6 Å². The van der Waals surface area contributed by atoms with Crippen molar-refractivity contribution in [2.75, 3.05) is 7.11 Å². The van der Waals surface area contributed by atoms with Crippen molar-refractivity contribution in [3.63, 3.8) is 0 Å². The number of fused-ring (bicyclic) bond motifs is 7. The van der Waals surface area contributed by atoms with Gasteiger partial charge in [-0.05, 0) is 97.2 Å². The van der Waals surface area contributed by atoms with E-state index in [4.69, 9.17) is 14.2 Å². The van der Waals surface area contributed by atoms with Crippen LogP contribution in [-0.4, -0.2) is 37.2 Å². The first-order valence-electron chi connectivity index (χ1n) is 16.0. The van der Waals surface area contributed by atoms with E-state index < -0.39 is 17.6 Å². The third kappa shape index (κ3) is 4.26. The van der Waals surface area contributed by atoms with Gasteiger partial charge in [-0.25, -0.2) is 0 Å². The highest BCUT2D eigenvalue weighted by atomic mass is 16.6. The van der Waals surface area contributed by atoms with E-state index in [9.17, 15) is 14.4 Å². The number of esters is 3. The lowest BCUT2D eigenvalue weighted by atomic mass is 9.33. The highest BCUT2D eigenvalue weighted by Gasteiger charge is 2.71. The molecule has 0 aromatic heterocycles.